The smallest absolute Gasteiger partial charge is 0.319 e. The fourth-order valence-corrected chi connectivity index (χ4v) is 4.66. The minimum absolute atomic E-state index is 0.0443. The van der Waals surface area contributed by atoms with Gasteiger partial charge in [0.15, 0.2) is 5.76 Å². The highest BCUT2D eigenvalue weighted by atomic mass is 16.5. The predicted octanol–water partition coefficient (Wildman–Crippen LogP) is 3.59. The highest BCUT2D eigenvalue weighted by molar-refractivity contribution is 5.93. The number of nitrogens with zero attached hydrogens (tertiary/aromatic N) is 2. The van der Waals surface area contributed by atoms with Crippen LogP contribution in [0.1, 0.15) is 35.4 Å². The molecule has 0 atom stereocenters. The van der Waals surface area contributed by atoms with Crippen LogP contribution in [0.3, 0.4) is 0 Å². The minimum atomic E-state index is -1.13. The van der Waals surface area contributed by atoms with E-state index >= 15 is 0 Å². The van der Waals surface area contributed by atoms with Crippen molar-refractivity contribution in [2.75, 3.05) is 25.0 Å². The van der Waals surface area contributed by atoms with Gasteiger partial charge in [-0.05, 0) is 43.7 Å². The van der Waals surface area contributed by atoms with Crippen molar-refractivity contribution >= 4 is 17.6 Å². The Labute approximate surface area is 198 Å². The fraction of sp³-hybridized carbons (Fsp3) is 0.346. The Bertz CT molecular complexity index is 1060. The molecule has 0 spiro atoms. The summed E-state index contributed by atoms with van der Waals surface area (Å²) in [5.41, 5.74) is 1.65. The average molecular weight is 463 g/mol. The minimum Gasteiger partial charge on any atom is -0.380 e. The van der Waals surface area contributed by atoms with Gasteiger partial charge in [-0.25, -0.2) is 4.79 Å². The Morgan fingerprint density at radius 3 is 2.09 bits per heavy atom. The quantitative estimate of drug-likeness (QED) is 0.519. The van der Waals surface area contributed by atoms with Crippen molar-refractivity contribution in [3.8, 4) is 0 Å². The molecule has 0 bridgehead atoms. The van der Waals surface area contributed by atoms with Crippen LogP contribution in [0.5, 0.6) is 0 Å². The van der Waals surface area contributed by atoms with Crippen LogP contribution < -0.4 is 10.6 Å². The zero-order valence-corrected chi connectivity index (χ0v) is 19.5. The molecule has 0 radical (unpaired) electrons. The second kappa shape index (κ2) is 10.1. The van der Waals surface area contributed by atoms with Gasteiger partial charge in [0.2, 0.25) is 5.91 Å². The van der Waals surface area contributed by atoms with Crippen molar-refractivity contribution in [3.05, 3.63) is 83.2 Å². The highest BCUT2D eigenvalue weighted by Crippen LogP contribution is 2.41. The molecule has 3 aromatic rings. The van der Waals surface area contributed by atoms with Crippen molar-refractivity contribution in [3.63, 3.8) is 0 Å². The summed E-state index contributed by atoms with van der Waals surface area (Å²) < 4.78 is 5.03. The van der Waals surface area contributed by atoms with Gasteiger partial charge in [-0.2, -0.15) is 0 Å². The lowest BCUT2D eigenvalue weighted by molar-refractivity contribution is -0.132. The predicted molar refractivity (Wildman–Crippen MR) is 128 cm³/mol. The number of anilines is 1. The summed E-state index contributed by atoms with van der Waals surface area (Å²) in [6, 6.07) is 18.9. The van der Waals surface area contributed by atoms with E-state index in [1.807, 2.05) is 60.7 Å². The average Bonchev–Trinajstić information content (AvgIpc) is 3.20. The first kappa shape index (κ1) is 23.5. The van der Waals surface area contributed by atoms with Crippen LogP contribution in [0, 0.1) is 19.8 Å². The van der Waals surface area contributed by atoms with Crippen LogP contribution in [0.15, 0.2) is 65.2 Å². The topological polar surface area (TPSA) is 108 Å². The van der Waals surface area contributed by atoms with Gasteiger partial charge in [0.05, 0.1) is 6.54 Å². The summed E-state index contributed by atoms with van der Waals surface area (Å²) in [7, 11) is 0. The molecule has 4 rings (SSSR count). The largest absolute Gasteiger partial charge is 0.380 e. The summed E-state index contributed by atoms with van der Waals surface area (Å²) in [6.07, 6.45) is 1.30. The van der Waals surface area contributed by atoms with Gasteiger partial charge >= 0.3 is 6.03 Å². The van der Waals surface area contributed by atoms with Gasteiger partial charge < -0.3 is 25.2 Å². The number of aliphatic hydroxyl groups is 1. The van der Waals surface area contributed by atoms with Crippen molar-refractivity contribution in [1.29, 1.82) is 0 Å². The summed E-state index contributed by atoms with van der Waals surface area (Å²) in [5.74, 6) is 0.304. The molecule has 1 fully saturated rings. The number of urea groups is 1. The molecule has 1 aliphatic heterocycles. The lowest BCUT2D eigenvalue weighted by Crippen LogP contribution is -2.48. The van der Waals surface area contributed by atoms with Gasteiger partial charge in [0.25, 0.3) is 0 Å². The van der Waals surface area contributed by atoms with Crippen molar-refractivity contribution in [2.24, 2.45) is 5.92 Å². The Kier molecular flexibility index (Phi) is 6.98. The number of nitrogens with one attached hydrogen (secondary N) is 2. The number of aromatic nitrogens is 1. The van der Waals surface area contributed by atoms with E-state index in [9.17, 15) is 14.7 Å². The molecule has 2 aromatic carbocycles. The zero-order chi connectivity index (χ0) is 24.1. The Balaban J connectivity index is 1.37. The molecule has 1 aromatic heterocycles. The Morgan fingerprint density at radius 2 is 1.59 bits per heavy atom. The number of hydrogen-bond donors (Lipinski definition) is 3. The normalized spacial score (nSPS) is 14.6. The second-order valence-electron chi connectivity index (χ2n) is 8.66. The summed E-state index contributed by atoms with van der Waals surface area (Å²) in [5, 5.41) is 21.0. The Morgan fingerprint density at radius 1 is 1.03 bits per heavy atom. The van der Waals surface area contributed by atoms with Gasteiger partial charge in [-0.15, -0.1) is 0 Å². The number of amides is 3. The van der Waals surface area contributed by atoms with E-state index in [4.69, 9.17) is 4.52 Å². The van der Waals surface area contributed by atoms with Gasteiger partial charge in [-0.1, -0.05) is 65.8 Å². The van der Waals surface area contributed by atoms with Gasteiger partial charge in [0, 0.05) is 13.1 Å². The molecule has 0 saturated carbocycles. The third kappa shape index (κ3) is 4.82. The number of benzene rings is 2. The molecule has 3 amide bonds. The van der Waals surface area contributed by atoms with E-state index in [0.717, 1.165) is 11.1 Å². The summed E-state index contributed by atoms with van der Waals surface area (Å²) in [4.78, 5) is 26.7. The molecule has 34 heavy (non-hydrogen) atoms. The molecule has 1 saturated heterocycles. The van der Waals surface area contributed by atoms with Crippen molar-refractivity contribution in [2.45, 2.75) is 32.3 Å². The Hall–Kier alpha value is -3.65. The van der Waals surface area contributed by atoms with Gasteiger partial charge in [0.1, 0.15) is 17.0 Å². The van der Waals surface area contributed by atoms with Gasteiger partial charge in [-0.3, -0.25) is 4.79 Å². The molecule has 0 unspecified atom stereocenters. The van der Waals surface area contributed by atoms with Crippen LogP contribution >= 0.6 is 0 Å². The van der Waals surface area contributed by atoms with E-state index in [1.165, 1.54) is 0 Å². The number of aryl methyl sites for hydroxylation is 2. The molecule has 0 aliphatic carbocycles. The third-order valence-electron chi connectivity index (χ3n) is 6.54. The molecule has 2 heterocycles. The second-order valence-corrected chi connectivity index (χ2v) is 8.66. The van der Waals surface area contributed by atoms with E-state index in [-0.39, 0.29) is 18.4 Å². The van der Waals surface area contributed by atoms with Crippen LogP contribution in [-0.2, 0) is 10.4 Å². The third-order valence-corrected chi connectivity index (χ3v) is 6.54. The number of piperidine rings is 1. The monoisotopic (exact) mass is 462 g/mol. The van der Waals surface area contributed by atoms with E-state index in [1.54, 1.807) is 18.7 Å². The standard InChI is InChI=1S/C26H30N4O4/c1-18-24(19(2)34-29-18)28-25(32)27-17-23(31)30-15-13-22(14-16-30)26(33,20-9-5-3-6-10-20)21-11-7-4-8-12-21/h3-12,22,33H,13-17H2,1-2H3,(H2,27,28,32). The maximum Gasteiger partial charge on any atom is 0.319 e. The first-order valence-electron chi connectivity index (χ1n) is 11.5. The number of hydrogen-bond acceptors (Lipinski definition) is 5. The van der Waals surface area contributed by atoms with Crippen LogP contribution in [0.4, 0.5) is 10.5 Å². The first-order valence-corrected chi connectivity index (χ1v) is 11.5. The molecule has 8 heteroatoms. The summed E-state index contributed by atoms with van der Waals surface area (Å²) >= 11 is 0. The lowest BCUT2D eigenvalue weighted by atomic mass is 9.72. The number of carbonyl (C=O) groups is 2. The highest BCUT2D eigenvalue weighted by Gasteiger charge is 2.42. The van der Waals surface area contributed by atoms with E-state index in [0.29, 0.717) is 43.1 Å². The SMILES string of the molecule is Cc1noc(C)c1NC(=O)NCC(=O)N1CCC(C(O)(c2ccccc2)c2ccccc2)CC1. The number of carbonyl (C=O) groups excluding carboxylic acids is 2. The number of rotatable bonds is 6. The molecule has 8 nitrogen and oxygen atoms in total. The van der Waals surface area contributed by atoms with E-state index in [2.05, 4.69) is 15.8 Å². The number of likely N-dealkylation sites (tertiary alicyclic amines) is 1. The van der Waals surface area contributed by atoms with Crippen LogP contribution in [-0.4, -0.2) is 46.7 Å². The molecule has 1 aliphatic rings. The molecule has 178 valence electrons. The lowest BCUT2D eigenvalue weighted by Gasteiger charge is -2.42. The molecule has 3 N–H and O–H groups in total. The van der Waals surface area contributed by atoms with Crippen LogP contribution in [0.2, 0.25) is 0 Å². The van der Waals surface area contributed by atoms with E-state index < -0.39 is 11.6 Å². The maximum atomic E-state index is 12.7. The summed E-state index contributed by atoms with van der Waals surface area (Å²) in [6.45, 7) is 4.35. The zero-order valence-electron chi connectivity index (χ0n) is 19.5. The fourth-order valence-electron chi connectivity index (χ4n) is 4.66. The van der Waals surface area contributed by atoms with Crippen LogP contribution in [0.25, 0.3) is 0 Å². The molecular weight excluding hydrogens is 432 g/mol. The first-order chi connectivity index (χ1) is 16.4. The van der Waals surface area contributed by atoms with Crippen molar-refractivity contribution in [1.82, 2.24) is 15.4 Å². The molecular formula is C26H30N4O4. The van der Waals surface area contributed by atoms with Crippen molar-refractivity contribution < 1.29 is 19.2 Å². The maximum absolute atomic E-state index is 12.7.